The fraction of sp³-hybridized carbons (Fsp3) is 0.400. The molecule has 0 unspecified atom stereocenters. The number of aliphatic carboxylic acids is 1. The van der Waals surface area contributed by atoms with E-state index in [1.54, 1.807) is 43.3 Å². The van der Waals surface area contributed by atoms with Crippen molar-refractivity contribution in [3.63, 3.8) is 0 Å². The van der Waals surface area contributed by atoms with Crippen LogP contribution in [0.4, 0.5) is 0 Å². The SMILES string of the molecule is C[C@]1([C@](O)(C(=O)O)c2ccccc2)C=CCCCN1. The van der Waals surface area contributed by atoms with Crippen LogP contribution in [0.1, 0.15) is 25.3 Å². The molecule has 0 aromatic heterocycles. The van der Waals surface area contributed by atoms with Gasteiger partial charge in [0, 0.05) is 0 Å². The molecule has 1 aliphatic rings. The summed E-state index contributed by atoms with van der Waals surface area (Å²) in [6, 6.07) is 8.53. The van der Waals surface area contributed by atoms with E-state index in [9.17, 15) is 15.0 Å². The highest BCUT2D eigenvalue weighted by molar-refractivity contribution is 5.82. The summed E-state index contributed by atoms with van der Waals surface area (Å²) in [6.07, 6.45) is 5.50. The Morgan fingerprint density at radius 2 is 2.05 bits per heavy atom. The van der Waals surface area contributed by atoms with E-state index in [-0.39, 0.29) is 0 Å². The number of rotatable bonds is 3. The molecule has 1 aromatic carbocycles. The smallest absolute Gasteiger partial charge is 0.342 e. The molecule has 0 aliphatic carbocycles. The van der Waals surface area contributed by atoms with Gasteiger partial charge in [0.1, 0.15) is 0 Å². The normalized spacial score (nSPS) is 26.4. The molecule has 0 fully saturated rings. The predicted molar refractivity (Wildman–Crippen MR) is 72.8 cm³/mol. The molecule has 4 heteroatoms. The number of allylic oxidation sites excluding steroid dienone is 1. The highest BCUT2D eigenvalue weighted by Crippen LogP contribution is 2.35. The Kier molecular flexibility index (Phi) is 3.73. The fourth-order valence-electron chi connectivity index (χ4n) is 2.52. The first-order valence-electron chi connectivity index (χ1n) is 6.45. The lowest BCUT2D eigenvalue weighted by atomic mass is 9.75. The van der Waals surface area contributed by atoms with E-state index >= 15 is 0 Å². The number of aliphatic hydroxyl groups is 1. The van der Waals surface area contributed by atoms with E-state index in [2.05, 4.69) is 5.32 Å². The van der Waals surface area contributed by atoms with Crippen LogP contribution in [0, 0.1) is 0 Å². The van der Waals surface area contributed by atoms with Crippen LogP contribution in [0.2, 0.25) is 0 Å². The highest BCUT2D eigenvalue weighted by atomic mass is 16.4. The summed E-state index contributed by atoms with van der Waals surface area (Å²) in [7, 11) is 0. The first-order chi connectivity index (χ1) is 9.01. The van der Waals surface area contributed by atoms with Gasteiger partial charge < -0.3 is 15.5 Å². The van der Waals surface area contributed by atoms with Crippen molar-refractivity contribution in [1.29, 1.82) is 0 Å². The molecule has 3 N–H and O–H groups in total. The molecule has 0 saturated carbocycles. The molecule has 0 saturated heterocycles. The Morgan fingerprint density at radius 3 is 2.68 bits per heavy atom. The minimum Gasteiger partial charge on any atom is -0.479 e. The molecular weight excluding hydrogens is 242 g/mol. The van der Waals surface area contributed by atoms with E-state index in [1.807, 2.05) is 6.08 Å². The largest absolute Gasteiger partial charge is 0.479 e. The second-order valence-corrected chi connectivity index (χ2v) is 5.06. The van der Waals surface area contributed by atoms with Gasteiger partial charge in [-0.2, -0.15) is 0 Å². The van der Waals surface area contributed by atoms with Crippen molar-refractivity contribution >= 4 is 5.97 Å². The molecule has 0 spiro atoms. The zero-order chi connectivity index (χ0) is 13.9. The summed E-state index contributed by atoms with van der Waals surface area (Å²) >= 11 is 0. The van der Waals surface area contributed by atoms with Crippen LogP contribution in [0.3, 0.4) is 0 Å². The topological polar surface area (TPSA) is 69.6 Å². The van der Waals surface area contributed by atoms with E-state index in [1.165, 1.54) is 0 Å². The van der Waals surface area contributed by atoms with Crippen LogP contribution in [-0.2, 0) is 10.4 Å². The van der Waals surface area contributed by atoms with Crippen molar-refractivity contribution in [1.82, 2.24) is 5.32 Å². The third-order valence-corrected chi connectivity index (χ3v) is 3.74. The number of carboxylic acid groups (broad SMARTS) is 1. The maximum absolute atomic E-state index is 11.7. The third kappa shape index (κ3) is 2.29. The number of benzene rings is 1. The molecule has 102 valence electrons. The molecular formula is C15H19NO3. The lowest BCUT2D eigenvalue weighted by Crippen LogP contribution is -2.61. The van der Waals surface area contributed by atoms with E-state index < -0.39 is 17.1 Å². The van der Waals surface area contributed by atoms with Gasteiger partial charge in [-0.05, 0) is 31.9 Å². The summed E-state index contributed by atoms with van der Waals surface area (Å²) in [6.45, 7) is 2.39. The molecule has 0 amide bonds. The summed E-state index contributed by atoms with van der Waals surface area (Å²) in [5.41, 5.74) is -2.64. The molecule has 0 radical (unpaired) electrons. The van der Waals surface area contributed by atoms with Crippen molar-refractivity contribution in [2.45, 2.75) is 30.9 Å². The Balaban J connectivity index is 2.53. The van der Waals surface area contributed by atoms with Gasteiger partial charge in [0.2, 0.25) is 5.60 Å². The molecule has 1 aromatic rings. The molecule has 19 heavy (non-hydrogen) atoms. The third-order valence-electron chi connectivity index (χ3n) is 3.74. The van der Waals surface area contributed by atoms with Gasteiger partial charge in [-0.1, -0.05) is 42.5 Å². The molecule has 1 aliphatic heterocycles. The minimum atomic E-state index is -1.99. The summed E-state index contributed by atoms with van der Waals surface area (Å²) in [5.74, 6) is -1.25. The number of carboxylic acids is 1. The number of nitrogens with one attached hydrogen (secondary N) is 1. The Hall–Kier alpha value is -1.65. The van der Waals surface area contributed by atoms with Gasteiger partial charge >= 0.3 is 5.97 Å². The zero-order valence-electron chi connectivity index (χ0n) is 11.0. The fourth-order valence-corrected chi connectivity index (χ4v) is 2.52. The van der Waals surface area contributed by atoms with Gasteiger partial charge in [-0.15, -0.1) is 0 Å². The van der Waals surface area contributed by atoms with Crippen LogP contribution in [0.25, 0.3) is 0 Å². The Morgan fingerprint density at radius 1 is 1.37 bits per heavy atom. The first kappa shape index (κ1) is 13.8. The lowest BCUT2D eigenvalue weighted by Gasteiger charge is -2.40. The maximum Gasteiger partial charge on any atom is 0.342 e. The van der Waals surface area contributed by atoms with Gasteiger partial charge in [0.25, 0.3) is 0 Å². The summed E-state index contributed by atoms with van der Waals surface area (Å²) in [4.78, 5) is 11.7. The van der Waals surface area contributed by atoms with Crippen LogP contribution in [-0.4, -0.2) is 28.3 Å². The Bertz CT molecular complexity index is 485. The quantitative estimate of drug-likeness (QED) is 0.724. The van der Waals surface area contributed by atoms with Crippen molar-refractivity contribution in [3.8, 4) is 0 Å². The van der Waals surface area contributed by atoms with Crippen molar-refractivity contribution in [3.05, 3.63) is 48.0 Å². The maximum atomic E-state index is 11.7. The highest BCUT2D eigenvalue weighted by Gasteiger charge is 2.53. The van der Waals surface area contributed by atoms with E-state index in [4.69, 9.17) is 0 Å². The monoisotopic (exact) mass is 261 g/mol. The van der Waals surface area contributed by atoms with Crippen molar-refractivity contribution in [2.75, 3.05) is 6.54 Å². The molecule has 4 nitrogen and oxygen atoms in total. The minimum absolute atomic E-state index is 0.379. The predicted octanol–water partition coefficient (Wildman–Crippen LogP) is 1.66. The average molecular weight is 261 g/mol. The summed E-state index contributed by atoms with van der Waals surface area (Å²) in [5, 5.41) is 23.6. The van der Waals surface area contributed by atoms with E-state index in [0.717, 1.165) is 12.8 Å². The van der Waals surface area contributed by atoms with Crippen molar-refractivity contribution in [2.24, 2.45) is 0 Å². The Labute approximate surface area is 112 Å². The van der Waals surface area contributed by atoms with E-state index in [0.29, 0.717) is 12.1 Å². The first-order valence-corrected chi connectivity index (χ1v) is 6.45. The van der Waals surface area contributed by atoms with Crippen molar-refractivity contribution < 1.29 is 15.0 Å². The van der Waals surface area contributed by atoms with Crippen LogP contribution < -0.4 is 5.32 Å². The molecule has 1 heterocycles. The zero-order valence-corrected chi connectivity index (χ0v) is 11.0. The molecule has 0 bridgehead atoms. The standard InChI is InChI=1S/C15H19NO3/c1-14(10-6-3-7-11-16-14)15(19,13(17)18)12-8-4-2-5-9-12/h2,4-6,8-10,16,19H,3,7,11H2,1H3,(H,17,18)/t14-,15-/m1/s1. The summed E-state index contributed by atoms with van der Waals surface area (Å²) < 4.78 is 0. The second kappa shape index (κ2) is 5.15. The molecule has 2 rings (SSSR count). The second-order valence-electron chi connectivity index (χ2n) is 5.06. The number of carbonyl (C=O) groups is 1. The van der Waals surface area contributed by atoms with Gasteiger partial charge in [-0.25, -0.2) is 4.79 Å². The lowest BCUT2D eigenvalue weighted by molar-refractivity contribution is -0.167. The van der Waals surface area contributed by atoms with Crippen LogP contribution >= 0.6 is 0 Å². The molecule has 2 atom stereocenters. The van der Waals surface area contributed by atoms with Gasteiger partial charge in [0.05, 0.1) is 5.54 Å². The van der Waals surface area contributed by atoms with Gasteiger partial charge in [-0.3, -0.25) is 0 Å². The van der Waals surface area contributed by atoms with Crippen LogP contribution in [0.15, 0.2) is 42.5 Å². The van der Waals surface area contributed by atoms with Gasteiger partial charge in [0.15, 0.2) is 0 Å². The average Bonchev–Trinajstić information content (AvgIpc) is 2.64. The number of hydrogen-bond donors (Lipinski definition) is 3. The van der Waals surface area contributed by atoms with Crippen LogP contribution in [0.5, 0.6) is 0 Å². The number of hydrogen-bond acceptors (Lipinski definition) is 3.